The molecule has 0 aromatic carbocycles. The van der Waals surface area contributed by atoms with E-state index >= 15 is 0 Å². The molecule has 3 aliphatic heterocycles. The molecule has 0 unspecified atom stereocenters. The molecule has 1 spiro atoms. The zero-order valence-corrected chi connectivity index (χ0v) is 13.5. The van der Waals surface area contributed by atoms with Gasteiger partial charge in [-0.3, -0.25) is 5.01 Å². The minimum Gasteiger partial charge on any atom is -0.369 e. The molecule has 114 valence electrons. The van der Waals surface area contributed by atoms with Gasteiger partial charge in [-0.05, 0) is 31.0 Å². The molecule has 4 heterocycles. The van der Waals surface area contributed by atoms with Crippen molar-refractivity contribution in [3.8, 4) is 0 Å². The van der Waals surface area contributed by atoms with Gasteiger partial charge in [-0.1, -0.05) is 11.6 Å². The maximum absolute atomic E-state index is 6.29. The second-order valence-electron chi connectivity index (χ2n) is 5.89. The quantitative estimate of drug-likeness (QED) is 0.733. The smallest absolute Gasteiger partial charge is 0.106 e. The van der Waals surface area contributed by atoms with Crippen molar-refractivity contribution in [1.29, 1.82) is 0 Å². The standard InChI is InChI=1S/C14H19ClN4OS/c1-19-8-11(17-18-19)10-7-14(3-4-16-10)13-9(2-5-20-14)6-12(15)21-13/h6,8,10,16-18H,2-5,7H2,1H3/t10-,14-/m1/s1. The van der Waals surface area contributed by atoms with Crippen LogP contribution in [0.2, 0.25) is 4.34 Å². The van der Waals surface area contributed by atoms with Gasteiger partial charge in [-0.25, -0.2) is 0 Å². The highest BCUT2D eigenvalue weighted by atomic mass is 35.5. The molecule has 4 rings (SSSR count). The van der Waals surface area contributed by atoms with Crippen LogP contribution < -0.4 is 16.3 Å². The van der Waals surface area contributed by atoms with E-state index in [0.29, 0.717) is 0 Å². The number of hydrogen-bond donors (Lipinski definition) is 3. The number of fused-ring (bicyclic) bond motifs is 2. The number of hydrogen-bond acceptors (Lipinski definition) is 6. The number of nitrogens with one attached hydrogen (secondary N) is 3. The molecule has 3 N–H and O–H groups in total. The van der Waals surface area contributed by atoms with Gasteiger partial charge < -0.3 is 15.5 Å². The van der Waals surface area contributed by atoms with Crippen LogP contribution >= 0.6 is 22.9 Å². The van der Waals surface area contributed by atoms with E-state index in [-0.39, 0.29) is 11.6 Å². The third-order valence-electron chi connectivity index (χ3n) is 4.48. The highest BCUT2D eigenvalue weighted by molar-refractivity contribution is 7.16. The number of ether oxygens (including phenoxy) is 1. The summed E-state index contributed by atoms with van der Waals surface area (Å²) in [5.41, 5.74) is 8.66. The van der Waals surface area contributed by atoms with Crippen LogP contribution in [0.3, 0.4) is 0 Å². The Labute approximate surface area is 133 Å². The lowest BCUT2D eigenvalue weighted by Crippen LogP contribution is -2.51. The zero-order chi connectivity index (χ0) is 14.4. The summed E-state index contributed by atoms with van der Waals surface area (Å²) >= 11 is 7.93. The van der Waals surface area contributed by atoms with Gasteiger partial charge in [-0.15, -0.1) is 16.9 Å². The van der Waals surface area contributed by atoms with E-state index in [2.05, 4.69) is 28.5 Å². The van der Waals surface area contributed by atoms with E-state index in [1.54, 1.807) is 11.3 Å². The van der Waals surface area contributed by atoms with Crippen LogP contribution in [0.5, 0.6) is 0 Å². The first-order valence-electron chi connectivity index (χ1n) is 7.28. The van der Waals surface area contributed by atoms with Crippen LogP contribution in [-0.4, -0.2) is 31.3 Å². The second kappa shape index (κ2) is 5.14. The van der Waals surface area contributed by atoms with Crippen molar-refractivity contribution in [2.75, 3.05) is 20.2 Å². The molecule has 0 saturated carbocycles. The van der Waals surface area contributed by atoms with Crippen LogP contribution in [0.4, 0.5) is 0 Å². The number of nitrogens with zero attached hydrogens (tertiary/aromatic N) is 1. The van der Waals surface area contributed by atoms with Gasteiger partial charge in [0.25, 0.3) is 0 Å². The van der Waals surface area contributed by atoms with E-state index in [9.17, 15) is 0 Å². The predicted octanol–water partition coefficient (Wildman–Crippen LogP) is 1.72. The largest absolute Gasteiger partial charge is 0.369 e. The summed E-state index contributed by atoms with van der Waals surface area (Å²) in [6, 6.07) is 2.38. The minimum absolute atomic E-state index is 0.176. The summed E-state index contributed by atoms with van der Waals surface area (Å²) in [6.45, 7) is 1.74. The molecular formula is C14H19ClN4OS. The maximum Gasteiger partial charge on any atom is 0.106 e. The van der Waals surface area contributed by atoms with Crippen LogP contribution in [-0.2, 0) is 16.8 Å². The summed E-state index contributed by atoms with van der Waals surface area (Å²) in [5.74, 6) is 0. The van der Waals surface area contributed by atoms with Crippen molar-refractivity contribution in [1.82, 2.24) is 21.3 Å². The lowest BCUT2D eigenvalue weighted by atomic mass is 9.82. The monoisotopic (exact) mass is 326 g/mol. The molecule has 5 nitrogen and oxygen atoms in total. The third kappa shape index (κ3) is 2.35. The van der Waals surface area contributed by atoms with Crippen LogP contribution in [0.15, 0.2) is 18.0 Å². The topological polar surface area (TPSA) is 48.6 Å². The molecule has 0 amide bonds. The Balaban J connectivity index is 1.65. The molecule has 1 fully saturated rings. The molecule has 0 radical (unpaired) electrons. The Morgan fingerprint density at radius 3 is 3.24 bits per heavy atom. The SMILES string of the molecule is CN1C=C([C@H]2C[C@@]3(CCN2)OCCc2cc(Cl)sc23)NN1. The van der Waals surface area contributed by atoms with Crippen molar-refractivity contribution < 1.29 is 4.74 Å². The Bertz CT molecular complexity index is 590. The predicted molar refractivity (Wildman–Crippen MR) is 83.8 cm³/mol. The number of piperidine rings is 1. The van der Waals surface area contributed by atoms with Gasteiger partial charge in [0.2, 0.25) is 0 Å². The number of halogens is 1. The fourth-order valence-electron chi connectivity index (χ4n) is 3.50. The highest BCUT2D eigenvalue weighted by Crippen LogP contribution is 2.47. The summed E-state index contributed by atoms with van der Waals surface area (Å²) in [5, 5.41) is 5.51. The first kappa shape index (κ1) is 13.8. The summed E-state index contributed by atoms with van der Waals surface area (Å²) in [4.78, 5) is 1.34. The number of rotatable bonds is 1. The van der Waals surface area contributed by atoms with Gasteiger partial charge in [0.1, 0.15) is 5.60 Å². The Morgan fingerprint density at radius 1 is 1.52 bits per heavy atom. The van der Waals surface area contributed by atoms with E-state index < -0.39 is 0 Å². The number of hydrazine groups is 2. The Morgan fingerprint density at radius 2 is 2.43 bits per heavy atom. The van der Waals surface area contributed by atoms with E-state index in [4.69, 9.17) is 16.3 Å². The van der Waals surface area contributed by atoms with Crippen molar-refractivity contribution in [2.45, 2.75) is 30.9 Å². The van der Waals surface area contributed by atoms with E-state index in [0.717, 1.165) is 42.4 Å². The first-order valence-corrected chi connectivity index (χ1v) is 8.48. The fraction of sp³-hybridized carbons (Fsp3) is 0.571. The molecule has 2 atom stereocenters. The van der Waals surface area contributed by atoms with Gasteiger partial charge in [0.15, 0.2) is 0 Å². The lowest BCUT2D eigenvalue weighted by molar-refractivity contribution is -0.0839. The van der Waals surface area contributed by atoms with Gasteiger partial charge >= 0.3 is 0 Å². The Kier molecular flexibility index (Phi) is 3.39. The molecule has 1 aromatic heterocycles. The van der Waals surface area contributed by atoms with Crippen LogP contribution in [0, 0.1) is 0 Å². The summed E-state index contributed by atoms with van der Waals surface area (Å²) < 4.78 is 7.16. The molecule has 7 heteroatoms. The van der Waals surface area contributed by atoms with Crippen molar-refractivity contribution >= 4 is 22.9 Å². The lowest BCUT2D eigenvalue weighted by Gasteiger charge is -2.43. The van der Waals surface area contributed by atoms with Crippen molar-refractivity contribution in [2.24, 2.45) is 0 Å². The molecule has 0 bridgehead atoms. The molecule has 0 aliphatic carbocycles. The van der Waals surface area contributed by atoms with E-state index in [1.807, 2.05) is 12.1 Å². The van der Waals surface area contributed by atoms with Gasteiger partial charge in [-0.2, -0.15) is 0 Å². The minimum atomic E-state index is -0.176. The molecule has 1 aromatic rings. The van der Waals surface area contributed by atoms with Gasteiger partial charge in [0.05, 0.1) is 22.7 Å². The van der Waals surface area contributed by atoms with Crippen LogP contribution in [0.1, 0.15) is 23.3 Å². The average Bonchev–Trinajstić information content (AvgIpc) is 3.06. The van der Waals surface area contributed by atoms with E-state index in [1.165, 1.54) is 10.4 Å². The van der Waals surface area contributed by atoms with Crippen LogP contribution in [0.25, 0.3) is 0 Å². The van der Waals surface area contributed by atoms with Crippen molar-refractivity contribution in [3.05, 3.63) is 32.7 Å². The normalized spacial score (nSPS) is 32.0. The first-order chi connectivity index (χ1) is 10.2. The summed E-state index contributed by atoms with van der Waals surface area (Å²) in [6.07, 6.45) is 5.00. The molecule has 1 saturated heterocycles. The molecular weight excluding hydrogens is 308 g/mol. The maximum atomic E-state index is 6.29. The van der Waals surface area contributed by atoms with Gasteiger partial charge in [0, 0.05) is 24.5 Å². The molecule has 3 aliphatic rings. The second-order valence-corrected chi connectivity index (χ2v) is 7.57. The Hall–Kier alpha value is -0.790. The summed E-state index contributed by atoms with van der Waals surface area (Å²) in [7, 11) is 1.98. The fourth-order valence-corrected chi connectivity index (χ4v) is 4.98. The highest BCUT2D eigenvalue weighted by Gasteiger charge is 2.44. The average molecular weight is 327 g/mol. The molecule has 21 heavy (non-hydrogen) atoms. The zero-order valence-electron chi connectivity index (χ0n) is 11.9. The number of thiophene rings is 1. The third-order valence-corrected chi connectivity index (χ3v) is 5.97. The van der Waals surface area contributed by atoms with Crippen molar-refractivity contribution in [3.63, 3.8) is 0 Å².